The van der Waals surface area contributed by atoms with E-state index in [0.717, 1.165) is 22.5 Å². The maximum absolute atomic E-state index is 13.7. The smallest absolute Gasteiger partial charge is 0.321 e. The molecule has 1 aliphatic heterocycles. The van der Waals surface area contributed by atoms with E-state index in [9.17, 15) is 14.4 Å². The number of piperazine rings is 1. The topological polar surface area (TPSA) is 94.2 Å². The van der Waals surface area contributed by atoms with Crippen molar-refractivity contribution in [2.75, 3.05) is 62.5 Å². The maximum atomic E-state index is 13.7. The first-order valence-corrected chi connectivity index (χ1v) is 12.9. The number of hydrogen-bond donors (Lipinski definition) is 2. The number of urea groups is 1. The van der Waals surface area contributed by atoms with Crippen LogP contribution in [0.15, 0.2) is 72.8 Å². The molecule has 1 aliphatic rings. The third-order valence-electron chi connectivity index (χ3n) is 6.57. The van der Waals surface area contributed by atoms with E-state index in [-0.39, 0.29) is 24.5 Å². The van der Waals surface area contributed by atoms with Crippen molar-refractivity contribution in [1.82, 2.24) is 9.80 Å². The van der Waals surface area contributed by atoms with Crippen LogP contribution in [0, 0.1) is 6.92 Å². The Morgan fingerprint density at radius 1 is 0.872 bits per heavy atom. The van der Waals surface area contributed by atoms with Gasteiger partial charge in [-0.15, -0.1) is 0 Å². The molecule has 0 saturated carbocycles. The molecule has 0 spiro atoms. The van der Waals surface area contributed by atoms with Crippen LogP contribution in [-0.2, 0) is 16.1 Å². The van der Waals surface area contributed by atoms with E-state index < -0.39 is 0 Å². The highest BCUT2D eigenvalue weighted by Gasteiger charge is 2.26. The fourth-order valence-corrected chi connectivity index (χ4v) is 4.60. The van der Waals surface area contributed by atoms with Gasteiger partial charge in [0.1, 0.15) is 6.61 Å². The lowest BCUT2D eigenvalue weighted by Crippen LogP contribution is -2.50. The van der Waals surface area contributed by atoms with Crippen molar-refractivity contribution >= 4 is 34.9 Å². The van der Waals surface area contributed by atoms with E-state index in [1.54, 1.807) is 29.0 Å². The first-order chi connectivity index (χ1) is 18.8. The molecule has 0 aromatic heterocycles. The molecule has 4 amide bonds. The first-order valence-electron chi connectivity index (χ1n) is 12.9. The van der Waals surface area contributed by atoms with E-state index in [2.05, 4.69) is 15.5 Å². The largest absolute Gasteiger partial charge is 0.375 e. The zero-order valence-electron chi connectivity index (χ0n) is 22.6. The van der Waals surface area contributed by atoms with Gasteiger partial charge in [0, 0.05) is 63.9 Å². The number of ether oxygens (including phenoxy) is 1. The average Bonchev–Trinajstić information content (AvgIpc) is 2.93. The summed E-state index contributed by atoms with van der Waals surface area (Å²) in [6, 6.07) is 22.7. The number of carbonyl (C=O) groups is 3. The lowest BCUT2D eigenvalue weighted by molar-refractivity contribution is -0.119. The van der Waals surface area contributed by atoms with Gasteiger partial charge in [-0.05, 0) is 48.4 Å². The summed E-state index contributed by atoms with van der Waals surface area (Å²) >= 11 is 0. The number of benzene rings is 3. The monoisotopic (exact) mass is 529 g/mol. The number of methoxy groups -OCH3 is 1. The number of carbonyl (C=O) groups excluding carboxylic acids is 3. The van der Waals surface area contributed by atoms with Crippen molar-refractivity contribution in [3.8, 4) is 0 Å². The minimum atomic E-state index is -0.297. The Morgan fingerprint density at radius 3 is 2.28 bits per heavy atom. The van der Waals surface area contributed by atoms with Crippen molar-refractivity contribution in [2.24, 2.45) is 0 Å². The van der Waals surface area contributed by atoms with Crippen LogP contribution in [0.3, 0.4) is 0 Å². The molecule has 4 rings (SSSR count). The zero-order chi connectivity index (χ0) is 27.8. The molecule has 9 nitrogen and oxygen atoms in total. The van der Waals surface area contributed by atoms with Gasteiger partial charge in [-0.2, -0.15) is 0 Å². The molecular weight excluding hydrogens is 494 g/mol. The molecule has 2 N–H and O–H groups in total. The summed E-state index contributed by atoms with van der Waals surface area (Å²) in [6.07, 6.45) is 0. The predicted molar refractivity (Wildman–Crippen MR) is 153 cm³/mol. The van der Waals surface area contributed by atoms with Gasteiger partial charge in [-0.1, -0.05) is 42.5 Å². The Kier molecular flexibility index (Phi) is 9.17. The van der Waals surface area contributed by atoms with E-state index in [1.165, 1.54) is 7.11 Å². The van der Waals surface area contributed by atoms with Gasteiger partial charge in [0.25, 0.3) is 5.91 Å². The summed E-state index contributed by atoms with van der Waals surface area (Å²) in [5, 5.41) is 5.76. The second-order valence-electron chi connectivity index (χ2n) is 9.63. The van der Waals surface area contributed by atoms with Crippen LogP contribution in [0.5, 0.6) is 0 Å². The SMILES string of the molecule is COCC(=O)Nc1ccc(N2CCN(C(=O)Nc3cccc(C)c3)CC2)c(C(=O)N(C)Cc2ccccc2)c1. The van der Waals surface area contributed by atoms with Crippen molar-refractivity contribution in [1.29, 1.82) is 0 Å². The Hall–Kier alpha value is -4.37. The van der Waals surface area contributed by atoms with E-state index >= 15 is 0 Å². The highest BCUT2D eigenvalue weighted by atomic mass is 16.5. The Bertz CT molecular complexity index is 1310. The second kappa shape index (κ2) is 12.9. The van der Waals surface area contributed by atoms with Crippen LogP contribution in [0.25, 0.3) is 0 Å². The van der Waals surface area contributed by atoms with Crippen LogP contribution >= 0.6 is 0 Å². The Labute approximate surface area is 229 Å². The highest BCUT2D eigenvalue weighted by Crippen LogP contribution is 2.27. The molecule has 3 aromatic carbocycles. The molecule has 204 valence electrons. The normalized spacial score (nSPS) is 13.1. The van der Waals surface area contributed by atoms with Crippen molar-refractivity contribution in [3.63, 3.8) is 0 Å². The molecule has 0 radical (unpaired) electrons. The number of anilines is 3. The summed E-state index contributed by atoms with van der Waals surface area (Å²) < 4.78 is 4.92. The number of amides is 4. The summed E-state index contributed by atoms with van der Waals surface area (Å²) in [5.74, 6) is -0.453. The lowest BCUT2D eigenvalue weighted by Gasteiger charge is -2.37. The summed E-state index contributed by atoms with van der Waals surface area (Å²) in [4.78, 5) is 44.2. The van der Waals surface area contributed by atoms with Crippen molar-refractivity contribution < 1.29 is 19.1 Å². The molecule has 0 aliphatic carbocycles. The van der Waals surface area contributed by atoms with Gasteiger partial charge < -0.3 is 30.1 Å². The molecule has 39 heavy (non-hydrogen) atoms. The van der Waals surface area contributed by atoms with E-state index in [1.807, 2.05) is 67.6 Å². The van der Waals surface area contributed by atoms with E-state index in [0.29, 0.717) is 44.0 Å². The minimum Gasteiger partial charge on any atom is -0.375 e. The number of hydrogen-bond acceptors (Lipinski definition) is 5. The maximum Gasteiger partial charge on any atom is 0.321 e. The number of nitrogens with one attached hydrogen (secondary N) is 2. The van der Waals surface area contributed by atoms with Crippen LogP contribution in [0.1, 0.15) is 21.5 Å². The molecule has 0 unspecified atom stereocenters. The van der Waals surface area contributed by atoms with Crippen LogP contribution in [0.4, 0.5) is 21.9 Å². The van der Waals surface area contributed by atoms with Crippen LogP contribution in [-0.4, -0.2) is 74.6 Å². The summed E-state index contributed by atoms with van der Waals surface area (Å²) in [5.41, 5.74) is 4.64. The predicted octanol–water partition coefficient (Wildman–Crippen LogP) is 4.21. The zero-order valence-corrected chi connectivity index (χ0v) is 22.6. The third kappa shape index (κ3) is 7.36. The van der Waals surface area contributed by atoms with E-state index in [4.69, 9.17) is 4.74 Å². The summed E-state index contributed by atoms with van der Waals surface area (Å²) in [6.45, 7) is 4.52. The number of aryl methyl sites for hydroxylation is 1. The standard InChI is InChI=1S/C30H35N5O4/c1-22-8-7-11-24(18-22)32-30(38)35-16-14-34(15-17-35)27-13-12-25(31-28(36)21-39-3)19-26(27)29(37)33(2)20-23-9-5-4-6-10-23/h4-13,18-19H,14-17,20-21H2,1-3H3,(H,31,36)(H,32,38). The Morgan fingerprint density at radius 2 is 1.59 bits per heavy atom. The quantitative estimate of drug-likeness (QED) is 0.456. The van der Waals surface area contributed by atoms with Gasteiger partial charge in [0.2, 0.25) is 5.91 Å². The van der Waals surface area contributed by atoms with Crippen molar-refractivity contribution in [2.45, 2.75) is 13.5 Å². The molecule has 1 saturated heterocycles. The van der Waals surface area contributed by atoms with Crippen LogP contribution in [0.2, 0.25) is 0 Å². The molecule has 0 atom stereocenters. The fourth-order valence-electron chi connectivity index (χ4n) is 4.60. The number of nitrogens with zero attached hydrogens (tertiary/aromatic N) is 3. The lowest BCUT2D eigenvalue weighted by atomic mass is 10.1. The van der Waals surface area contributed by atoms with Gasteiger partial charge in [-0.3, -0.25) is 9.59 Å². The fraction of sp³-hybridized carbons (Fsp3) is 0.300. The van der Waals surface area contributed by atoms with Crippen LogP contribution < -0.4 is 15.5 Å². The summed E-state index contributed by atoms with van der Waals surface area (Å²) in [7, 11) is 3.22. The molecular formula is C30H35N5O4. The molecule has 3 aromatic rings. The molecule has 9 heteroatoms. The molecule has 0 bridgehead atoms. The third-order valence-corrected chi connectivity index (χ3v) is 6.57. The average molecular weight is 530 g/mol. The van der Waals surface area contributed by atoms with Gasteiger partial charge >= 0.3 is 6.03 Å². The van der Waals surface area contributed by atoms with Gasteiger partial charge in [0.15, 0.2) is 0 Å². The first kappa shape index (κ1) is 27.7. The second-order valence-corrected chi connectivity index (χ2v) is 9.63. The minimum absolute atomic E-state index is 0.0779. The molecule has 1 heterocycles. The van der Waals surface area contributed by atoms with Gasteiger partial charge in [0.05, 0.1) is 5.56 Å². The molecule has 1 fully saturated rings. The van der Waals surface area contributed by atoms with Gasteiger partial charge in [-0.25, -0.2) is 4.79 Å². The highest BCUT2D eigenvalue weighted by molar-refractivity contribution is 6.02. The Balaban J connectivity index is 1.50. The van der Waals surface area contributed by atoms with Crippen molar-refractivity contribution in [3.05, 3.63) is 89.5 Å². The number of rotatable bonds is 8.